The number of rotatable bonds is 6. The lowest BCUT2D eigenvalue weighted by Crippen LogP contribution is -2.39. The van der Waals surface area contributed by atoms with Crippen LogP contribution in [0, 0.1) is 13.8 Å². The quantitative estimate of drug-likeness (QED) is 0.566. The maximum atomic E-state index is 13.2. The average molecular weight is 442 g/mol. The molecular weight excluding hydrogens is 414 g/mol. The topological polar surface area (TPSA) is 85.5 Å². The van der Waals surface area contributed by atoms with E-state index in [-0.39, 0.29) is 5.92 Å². The van der Waals surface area contributed by atoms with Crippen LogP contribution < -0.4 is 4.74 Å². The van der Waals surface area contributed by atoms with E-state index < -0.39 is 10.0 Å². The number of ether oxygens (including phenoxy) is 1. The Balaban J connectivity index is 1.52. The molecule has 1 aromatic heterocycles. The zero-order valence-electron chi connectivity index (χ0n) is 18.0. The van der Waals surface area contributed by atoms with Crippen molar-refractivity contribution < 1.29 is 17.7 Å². The summed E-state index contributed by atoms with van der Waals surface area (Å²) < 4.78 is 38.9. The van der Waals surface area contributed by atoms with E-state index in [4.69, 9.17) is 9.26 Å². The number of aryl methyl sites for hydroxylation is 2. The molecule has 3 aromatic rings. The molecule has 8 heteroatoms. The summed E-state index contributed by atoms with van der Waals surface area (Å²) >= 11 is 0. The van der Waals surface area contributed by atoms with Crippen molar-refractivity contribution in [3.63, 3.8) is 0 Å². The summed E-state index contributed by atoms with van der Waals surface area (Å²) in [5, 5.41) is 4.11. The molecule has 7 nitrogen and oxygen atoms in total. The Hall–Kier alpha value is -2.71. The van der Waals surface area contributed by atoms with E-state index in [2.05, 4.69) is 10.1 Å². The Morgan fingerprint density at radius 3 is 2.61 bits per heavy atom. The molecule has 1 fully saturated rings. The van der Waals surface area contributed by atoms with Gasteiger partial charge in [-0.15, -0.1) is 0 Å². The number of aromatic nitrogens is 2. The fourth-order valence-electron chi connectivity index (χ4n) is 3.77. The summed E-state index contributed by atoms with van der Waals surface area (Å²) in [7, 11) is -3.57. The minimum absolute atomic E-state index is 0.126. The zero-order valence-corrected chi connectivity index (χ0v) is 18.9. The molecule has 1 aliphatic rings. The SMILES string of the molecule is CCOc1ccc(-c2noc(C3CCCN(S(=O)(=O)c4ccc(C)c(C)c4)C3)n2)cc1. The average Bonchev–Trinajstić information content (AvgIpc) is 3.27. The summed E-state index contributed by atoms with van der Waals surface area (Å²) in [5.74, 6) is 1.63. The van der Waals surface area contributed by atoms with E-state index in [1.807, 2.05) is 51.1 Å². The van der Waals surface area contributed by atoms with Crippen molar-refractivity contribution in [3.05, 3.63) is 59.5 Å². The summed E-state index contributed by atoms with van der Waals surface area (Å²) in [6, 6.07) is 12.8. The maximum absolute atomic E-state index is 13.2. The van der Waals surface area contributed by atoms with E-state index in [0.717, 1.165) is 35.3 Å². The molecule has 1 unspecified atom stereocenters. The van der Waals surface area contributed by atoms with Crippen LogP contribution in [0.25, 0.3) is 11.4 Å². The van der Waals surface area contributed by atoms with Crippen LogP contribution in [0.2, 0.25) is 0 Å². The zero-order chi connectivity index (χ0) is 22.0. The van der Waals surface area contributed by atoms with Crippen LogP contribution >= 0.6 is 0 Å². The van der Waals surface area contributed by atoms with Crippen molar-refractivity contribution in [3.8, 4) is 17.1 Å². The number of hydrogen-bond donors (Lipinski definition) is 0. The van der Waals surface area contributed by atoms with Gasteiger partial charge in [-0.1, -0.05) is 11.2 Å². The number of hydrogen-bond acceptors (Lipinski definition) is 6. The van der Waals surface area contributed by atoms with Crippen molar-refractivity contribution in [1.82, 2.24) is 14.4 Å². The smallest absolute Gasteiger partial charge is 0.243 e. The van der Waals surface area contributed by atoms with Gasteiger partial charge < -0.3 is 9.26 Å². The van der Waals surface area contributed by atoms with Gasteiger partial charge in [-0.2, -0.15) is 9.29 Å². The molecule has 1 atom stereocenters. The minimum Gasteiger partial charge on any atom is -0.494 e. The monoisotopic (exact) mass is 441 g/mol. The van der Waals surface area contributed by atoms with Crippen LogP contribution in [0.5, 0.6) is 5.75 Å². The van der Waals surface area contributed by atoms with Gasteiger partial charge in [0.2, 0.25) is 21.7 Å². The molecule has 1 saturated heterocycles. The molecule has 1 aliphatic heterocycles. The first-order chi connectivity index (χ1) is 14.9. The van der Waals surface area contributed by atoms with E-state index in [1.165, 1.54) is 4.31 Å². The summed E-state index contributed by atoms with van der Waals surface area (Å²) in [4.78, 5) is 4.89. The van der Waals surface area contributed by atoms with Crippen LogP contribution in [-0.2, 0) is 10.0 Å². The van der Waals surface area contributed by atoms with Gasteiger partial charge in [-0.3, -0.25) is 0 Å². The fourth-order valence-corrected chi connectivity index (χ4v) is 5.38. The highest BCUT2D eigenvalue weighted by Crippen LogP contribution is 2.31. The van der Waals surface area contributed by atoms with Crippen molar-refractivity contribution in [1.29, 1.82) is 0 Å². The van der Waals surface area contributed by atoms with Gasteiger partial charge in [0.25, 0.3) is 0 Å². The van der Waals surface area contributed by atoms with Crippen LogP contribution in [0.4, 0.5) is 0 Å². The Kier molecular flexibility index (Phi) is 6.11. The molecule has 0 amide bonds. The maximum Gasteiger partial charge on any atom is 0.243 e. The molecule has 0 aliphatic carbocycles. The van der Waals surface area contributed by atoms with Crippen LogP contribution in [0.15, 0.2) is 51.9 Å². The molecule has 164 valence electrons. The molecule has 0 saturated carbocycles. The predicted molar refractivity (Wildman–Crippen MR) is 118 cm³/mol. The number of nitrogens with zero attached hydrogens (tertiary/aromatic N) is 3. The van der Waals surface area contributed by atoms with Crippen molar-refractivity contribution in [2.75, 3.05) is 19.7 Å². The van der Waals surface area contributed by atoms with E-state index >= 15 is 0 Å². The van der Waals surface area contributed by atoms with E-state index in [0.29, 0.717) is 36.3 Å². The summed E-state index contributed by atoms with van der Waals surface area (Å²) in [6.07, 6.45) is 1.55. The second-order valence-corrected chi connectivity index (χ2v) is 9.80. The van der Waals surface area contributed by atoms with Gasteiger partial charge in [0.15, 0.2) is 0 Å². The molecular formula is C23H27N3O4S. The molecule has 0 radical (unpaired) electrons. The first kappa shape index (κ1) is 21.5. The summed E-state index contributed by atoms with van der Waals surface area (Å²) in [5.41, 5.74) is 2.86. The van der Waals surface area contributed by atoms with E-state index in [9.17, 15) is 8.42 Å². The normalized spacial score (nSPS) is 17.6. The van der Waals surface area contributed by atoms with Crippen LogP contribution in [0.1, 0.15) is 42.7 Å². The van der Waals surface area contributed by atoms with Gasteiger partial charge in [0.1, 0.15) is 5.75 Å². The third-order valence-electron chi connectivity index (χ3n) is 5.71. The number of piperidine rings is 1. The Labute approximate surface area is 183 Å². The predicted octanol–water partition coefficient (Wildman–Crippen LogP) is 4.32. The molecule has 2 aromatic carbocycles. The van der Waals surface area contributed by atoms with E-state index in [1.54, 1.807) is 12.1 Å². The minimum atomic E-state index is -3.57. The molecule has 0 N–H and O–H groups in total. The lowest BCUT2D eigenvalue weighted by atomic mass is 10.00. The Bertz CT molecular complexity index is 1160. The lowest BCUT2D eigenvalue weighted by molar-refractivity contribution is 0.265. The fraction of sp³-hybridized carbons (Fsp3) is 0.391. The molecule has 4 rings (SSSR count). The first-order valence-corrected chi connectivity index (χ1v) is 12.0. The van der Waals surface area contributed by atoms with Crippen LogP contribution in [-0.4, -0.2) is 42.6 Å². The molecule has 0 spiro atoms. The molecule has 0 bridgehead atoms. The highest BCUT2D eigenvalue weighted by Gasteiger charge is 2.33. The van der Waals surface area contributed by atoms with Gasteiger partial charge >= 0.3 is 0 Å². The molecule has 31 heavy (non-hydrogen) atoms. The van der Waals surface area contributed by atoms with Crippen molar-refractivity contribution in [2.24, 2.45) is 0 Å². The highest BCUT2D eigenvalue weighted by molar-refractivity contribution is 7.89. The van der Waals surface area contributed by atoms with Crippen molar-refractivity contribution >= 4 is 10.0 Å². The van der Waals surface area contributed by atoms with Crippen LogP contribution in [0.3, 0.4) is 0 Å². The lowest BCUT2D eigenvalue weighted by Gasteiger charge is -2.30. The largest absolute Gasteiger partial charge is 0.494 e. The van der Waals surface area contributed by atoms with Gasteiger partial charge in [-0.05, 0) is 81.1 Å². The standard InChI is InChI=1S/C23H27N3O4S/c1-4-29-20-10-8-18(9-11-20)22-24-23(30-25-22)19-6-5-13-26(15-19)31(27,28)21-12-7-16(2)17(3)14-21/h7-12,14,19H,4-6,13,15H2,1-3H3. The Morgan fingerprint density at radius 2 is 1.90 bits per heavy atom. The third-order valence-corrected chi connectivity index (χ3v) is 7.58. The van der Waals surface area contributed by atoms with Gasteiger partial charge in [-0.25, -0.2) is 8.42 Å². The highest BCUT2D eigenvalue weighted by atomic mass is 32.2. The first-order valence-electron chi connectivity index (χ1n) is 10.5. The molecule has 2 heterocycles. The second kappa shape index (κ2) is 8.80. The number of benzene rings is 2. The Morgan fingerprint density at radius 1 is 1.13 bits per heavy atom. The van der Waals surface area contributed by atoms with Crippen molar-refractivity contribution in [2.45, 2.75) is 44.4 Å². The van der Waals surface area contributed by atoms with Gasteiger partial charge in [0, 0.05) is 18.7 Å². The second-order valence-electron chi connectivity index (χ2n) is 7.86. The summed E-state index contributed by atoms with van der Waals surface area (Å²) in [6.45, 7) is 7.27. The number of sulfonamides is 1. The third kappa shape index (κ3) is 4.50. The van der Waals surface area contributed by atoms with Gasteiger partial charge in [0.05, 0.1) is 17.4 Å².